The van der Waals surface area contributed by atoms with Crippen molar-refractivity contribution in [1.82, 2.24) is 9.55 Å². The molecule has 5 aromatic rings. The largest absolute Gasteiger partial charge is 0.383 e. The normalized spacial score (nSPS) is 12.2. The smallest absolute Gasteiger partial charge is 0.280 e. The van der Waals surface area contributed by atoms with Crippen LogP contribution in [0.1, 0.15) is 10.4 Å². The Morgan fingerprint density at radius 3 is 2.79 bits per heavy atom. The zero-order valence-corrected chi connectivity index (χ0v) is 19.1. The van der Waals surface area contributed by atoms with E-state index in [1.165, 1.54) is 24.5 Å². The van der Waals surface area contributed by atoms with Crippen molar-refractivity contribution in [2.24, 2.45) is 4.99 Å². The number of thiophene rings is 1. The number of hydrogen-bond acceptors (Lipinski definition) is 5. The number of fused-ring (bicyclic) bond motifs is 2. The summed E-state index contributed by atoms with van der Waals surface area (Å²) in [6.45, 7) is 0.549. The molecule has 0 radical (unpaired) electrons. The van der Waals surface area contributed by atoms with E-state index in [9.17, 15) is 13.6 Å². The molecule has 0 fully saturated rings. The minimum atomic E-state index is -0.708. The van der Waals surface area contributed by atoms with Crippen LogP contribution in [0.2, 0.25) is 0 Å². The van der Waals surface area contributed by atoms with Crippen LogP contribution < -0.4 is 4.80 Å². The van der Waals surface area contributed by atoms with Crippen molar-refractivity contribution >= 4 is 49.7 Å². The van der Waals surface area contributed by atoms with Crippen LogP contribution in [0.15, 0.2) is 65.0 Å². The van der Waals surface area contributed by atoms with E-state index in [1.807, 2.05) is 41.8 Å². The Hall–Kier alpha value is -3.27. The number of amides is 1. The van der Waals surface area contributed by atoms with E-state index >= 15 is 0 Å². The van der Waals surface area contributed by atoms with Gasteiger partial charge in [-0.3, -0.25) is 4.79 Å². The topological polar surface area (TPSA) is 56.5 Å². The molecule has 3 aromatic heterocycles. The van der Waals surface area contributed by atoms with E-state index in [2.05, 4.69) is 9.98 Å². The van der Waals surface area contributed by atoms with Crippen LogP contribution in [0.5, 0.6) is 0 Å². The van der Waals surface area contributed by atoms with Gasteiger partial charge in [0.1, 0.15) is 5.82 Å². The van der Waals surface area contributed by atoms with Crippen LogP contribution in [0.3, 0.4) is 0 Å². The lowest BCUT2D eigenvalue weighted by Gasteiger charge is -2.07. The summed E-state index contributed by atoms with van der Waals surface area (Å²) in [7, 11) is 1.53. The molecule has 0 unspecified atom stereocenters. The average Bonchev–Trinajstić information content (AvgIpc) is 3.45. The molecule has 2 aromatic carbocycles. The molecule has 0 N–H and O–H groups in total. The number of para-hydroxylation sites is 1. The van der Waals surface area contributed by atoms with Gasteiger partial charge in [0.2, 0.25) is 0 Å². The number of benzene rings is 2. The van der Waals surface area contributed by atoms with Crippen molar-refractivity contribution in [3.05, 3.63) is 82.0 Å². The number of thiazole rings is 1. The van der Waals surface area contributed by atoms with Crippen LogP contribution in [0.25, 0.3) is 31.7 Å². The third-order valence-electron chi connectivity index (χ3n) is 5.13. The van der Waals surface area contributed by atoms with Crippen molar-refractivity contribution in [3.63, 3.8) is 0 Å². The Morgan fingerprint density at radius 1 is 1.15 bits per heavy atom. The maximum absolute atomic E-state index is 14.6. The predicted molar refractivity (Wildman–Crippen MR) is 127 cm³/mol. The summed E-state index contributed by atoms with van der Waals surface area (Å²) >= 11 is 2.59. The SMILES string of the molecule is COCCn1c(=NC(=O)c2cc(-c3cccs3)nc3ccccc23)sc2cc(F)cc(F)c21. The second kappa shape index (κ2) is 8.93. The van der Waals surface area contributed by atoms with Crippen LogP contribution >= 0.6 is 22.7 Å². The highest BCUT2D eigenvalue weighted by Crippen LogP contribution is 2.28. The van der Waals surface area contributed by atoms with Crippen molar-refractivity contribution in [3.8, 4) is 10.6 Å². The lowest BCUT2D eigenvalue weighted by atomic mass is 10.1. The lowest BCUT2D eigenvalue weighted by molar-refractivity contribution is 0.0999. The molecule has 0 aliphatic heterocycles. The maximum atomic E-state index is 14.6. The molecule has 166 valence electrons. The Kier molecular flexibility index (Phi) is 5.84. The predicted octanol–water partition coefficient (Wildman–Crippen LogP) is 5.65. The van der Waals surface area contributed by atoms with Crippen molar-refractivity contribution < 1.29 is 18.3 Å². The summed E-state index contributed by atoms with van der Waals surface area (Å²) in [4.78, 5) is 23.6. The van der Waals surface area contributed by atoms with Crippen LogP contribution in [0.4, 0.5) is 8.78 Å². The fraction of sp³-hybridized carbons (Fsp3) is 0.125. The number of ether oxygens (including phenoxy) is 1. The summed E-state index contributed by atoms with van der Waals surface area (Å²) in [5.74, 6) is -1.87. The van der Waals surface area contributed by atoms with Gasteiger partial charge in [-0.15, -0.1) is 11.3 Å². The summed E-state index contributed by atoms with van der Waals surface area (Å²) in [5, 5.41) is 2.62. The number of pyridine rings is 1. The molecular formula is C24H17F2N3O2S2. The van der Waals surface area contributed by atoms with E-state index < -0.39 is 17.5 Å². The van der Waals surface area contributed by atoms with E-state index in [4.69, 9.17) is 4.74 Å². The maximum Gasteiger partial charge on any atom is 0.280 e. The third kappa shape index (κ3) is 4.10. The Balaban J connectivity index is 1.71. The van der Waals surface area contributed by atoms with E-state index in [0.717, 1.165) is 22.3 Å². The highest BCUT2D eigenvalue weighted by Gasteiger charge is 2.17. The zero-order valence-electron chi connectivity index (χ0n) is 17.4. The van der Waals surface area contributed by atoms with Gasteiger partial charge in [-0.1, -0.05) is 35.6 Å². The number of hydrogen-bond donors (Lipinski definition) is 0. The molecule has 3 heterocycles. The average molecular weight is 482 g/mol. The number of methoxy groups -OCH3 is 1. The fourth-order valence-corrected chi connectivity index (χ4v) is 5.43. The van der Waals surface area contributed by atoms with Gasteiger partial charge >= 0.3 is 0 Å². The van der Waals surface area contributed by atoms with Gasteiger partial charge < -0.3 is 9.30 Å². The number of nitrogens with zero attached hydrogens (tertiary/aromatic N) is 3. The molecule has 33 heavy (non-hydrogen) atoms. The molecule has 0 spiro atoms. The van der Waals surface area contributed by atoms with Gasteiger partial charge in [0, 0.05) is 25.1 Å². The molecule has 9 heteroatoms. The van der Waals surface area contributed by atoms with Crippen LogP contribution in [0, 0.1) is 11.6 Å². The fourth-order valence-electron chi connectivity index (χ4n) is 3.65. The number of carbonyl (C=O) groups excluding carboxylic acids is 1. The molecule has 5 nitrogen and oxygen atoms in total. The second-order valence-corrected chi connectivity index (χ2v) is 9.19. The molecule has 0 aliphatic rings. The third-order valence-corrected chi connectivity index (χ3v) is 7.05. The first kappa shape index (κ1) is 21.6. The van der Waals surface area contributed by atoms with Crippen molar-refractivity contribution in [2.45, 2.75) is 6.54 Å². The Bertz CT molecular complexity index is 1560. The first-order valence-electron chi connectivity index (χ1n) is 10.0. The van der Waals surface area contributed by atoms with E-state index in [-0.39, 0.29) is 23.5 Å². The Morgan fingerprint density at radius 2 is 2.00 bits per heavy atom. The van der Waals surface area contributed by atoms with Gasteiger partial charge in [0.25, 0.3) is 5.91 Å². The van der Waals surface area contributed by atoms with E-state index in [1.54, 1.807) is 10.6 Å². The molecule has 0 saturated carbocycles. The molecule has 0 atom stereocenters. The monoisotopic (exact) mass is 481 g/mol. The lowest BCUT2D eigenvalue weighted by Crippen LogP contribution is -2.20. The van der Waals surface area contributed by atoms with Gasteiger partial charge in [-0.2, -0.15) is 4.99 Å². The minimum Gasteiger partial charge on any atom is -0.383 e. The number of aromatic nitrogens is 2. The summed E-state index contributed by atoms with van der Waals surface area (Å²) in [5.41, 5.74) is 1.95. The van der Waals surface area contributed by atoms with Crippen molar-refractivity contribution in [2.75, 3.05) is 13.7 Å². The van der Waals surface area contributed by atoms with Crippen molar-refractivity contribution in [1.29, 1.82) is 0 Å². The quantitative estimate of drug-likeness (QED) is 0.326. The molecule has 0 bridgehead atoms. The van der Waals surface area contributed by atoms with Gasteiger partial charge in [-0.05, 0) is 29.6 Å². The molecule has 1 amide bonds. The standard InChI is InChI=1S/C24H17F2N3O2S2/c1-31-9-8-29-22-17(26)11-14(25)12-21(22)33-24(29)28-23(30)16-13-19(20-7-4-10-32-20)27-18-6-3-2-5-15(16)18/h2-7,10-13H,8-9H2,1H3. The first-order valence-corrected chi connectivity index (χ1v) is 11.7. The number of carbonyl (C=O) groups is 1. The zero-order chi connectivity index (χ0) is 22.9. The number of halogens is 2. The molecule has 0 saturated heterocycles. The highest BCUT2D eigenvalue weighted by molar-refractivity contribution is 7.16. The molecule has 0 aliphatic carbocycles. The Labute approximate surface area is 195 Å². The molecule has 5 rings (SSSR count). The second-order valence-electron chi connectivity index (χ2n) is 7.23. The molecular weight excluding hydrogens is 464 g/mol. The van der Waals surface area contributed by atoms with Gasteiger partial charge in [0.15, 0.2) is 10.6 Å². The summed E-state index contributed by atoms with van der Waals surface area (Å²) in [6, 6.07) is 15.0. The highest BCUT2D eigenvalue weighted by atomic mass is 32.1. The minimum absolute atomic E-state index is 0.198. The van der Waals surface area contributed by atoms with Crippen LogP contribution in [-0.4, -0.2) is 29.2 Å². The van der Waals surface area contributed by atoms with E-state index in [0.29, 0.717) is 26.9 Å². The summed E-state index contributed by atoms with van der Waals surface area (Å²) < 4.78 is 35.5. The summed E-state index contributed by atoms with van der Waals surface area (Å²) in [6.07, 6.45) is 0. The van der Waals surface area contributed by atoms with Gasteiger partial charge in [0.05, 0.1) is 38.5 Å². The first-order chi connectivity index (χ1) is 16.0. The number of rotatable bonds is 5. The van der Waals surface area contributed by atoms with Crippen LogP contribution in [-0.2, 0) is 11.3 Å². The van der Waals surface area contributed by atoms with Gasteiger partial charge in [-0.25, -0.2) is 13.8 Å².